The van der Waals surface area contributed by atoms with Gasteiger partial charge in [0.2, 0.25) is 10.0 Å². The zero-order valence-corrected chi connectivity index (χ0v) is 18.1. The van der Waals surface area contributed by atoms with E-state index >= 15 is 0 Å². The van der Waals surface area contributed by atoms with E-state index in [0.717, 1.165) is 18.4 Å². The maximum Gasteiger partial charge on any atom is 0.338 e. The monoisotopic (exact) mass is 422 g/mol. The van der Waals surface area contributed by atoms with Crippen LogP contribution < -0.4 is 9.62 Å². The summed E-state index contributed by atoms with van der Waals surface area (Å²) in [6, 6.07) is 4.64. The lowest BCUT2D eigenvalue weighted by atomic mass is 9.89. The number of amides is 1. The average Bonchev–Trinajstić information content (AvgIpc) is 3.01. The summed E-state index contributed by atoms with van der Waals surface area (Å²) >= 11 is 0. The third kappa shape index (κ3) is 5.10. The molecule has 0 bridgehead atoms. The Labute approximate surface area is 172 Å². The first kappa shape index (κ1) is 21.6. The molecular weight excluding hydrogens is 392 g/mol. The standard InChI is InChI=1S/C21H30N2O5S/c1-14-11-18-12-17(9-10-19(18)23(14)29(3,26)27)21(25)28-15(2)20(24)22-13-16-7-5-4-6-8-16/h9-10,12,14-16H,4-8,11,13H2,1-3H3,(H,22,24)/t14-,15+/m1/s1. The first-order valence-electron chi connectivity index (χ1n) is 10.3. The predicted molar refractivity (Wildman–Crippen MR) is 111 cm³/mol. The highest BCUT2D eigenvalue weighted by Crippen LogP contribution is 2.34. The Bertz CT molecular complexity index is 877. The topological polar surface area (TPSA) is 92.8 Å². The molecule has 0 spiro atoms. The highest BCUT2D eigenvalue weighted by Gasteiger charge is 2.33. The molecule has 3 rings (SSSR count). The summed E-state index contributed by atoms with van der Waals surface area (Å²) in [4.78, 5) is 24.8. The molecular formula is C21H30N2O5S. The van der Waals surface area contributed by atoms with Gasteiger partial charge in [0.1, 0.15) is 0 Å². The van der Waals surface area contributed by atoms with Gasteiger partial charge in [0, 0.05) is 12.6 Å². The van der Waals surface area contributed by atoms with Crippen LogP contribution in [0.15, 0.2) is 18.2 Å². The van der Waals surface area contributed by atoms with Crippen LogP contribution in [0.5, 0.6) is 0 Å². The molecule has 0 saturated heterocycles. The minimum absolute atomic E-state index is 0.198. The summed E-state index contributed by atoms with van der Waals surface area (Å²) in [6.45, 7) is 4.02. The third-order valence-corrected chi connectivity index (χ3v) is 7.04. The van der Waals surface area contributed by atoms with E-state index in [1.54, 1.807) is 25.1 Å². The van der Waals surface area contributed by atoms with Crippen LogP contribution >= 0.6 is 0 Å². The molecule has 8 heteroatoms. The van der Waals surface area contributed by atoms with Gasteiger partial charge in [0.25, 0.3) is 5.91 Å². The molecule has 1 aliphatic heterocycles. The summed E-state index contributed by atoms with van der Waals surface area (Å²) < 4.78 is 30.7. The average molecular weight is 423 g/mol. The number of hydrogen-bond donors (Lipinski definition) is 1. The number of esters is 1. The molecule has 29 heavy (non-hydrogen) atoms. The highest BCUT2D eigenvalue weighted by atomic mass is 32.2. The van der Waals surface area contributed by atoms with Gasteiger partial charge in [-0.3, -0.25) is 9.10 Å². The Morgan fingerprint density at radius 1 is 1.24 bits per heavy atom. The fourth-order valence-corrected chi connectivity index (χ4v) is 5.56. The van der Waals surface area contributed by atoms with Crippen molar-refractivity contribution in [2.75, 3.05) is 17.1 Å². The molecule has 7 nitrogen and oxygen atoms in total. The second-order valence-electron chi connectivity index (χ2n) is 8.25. The van der Waals surface area contributed by atoms with Crippen molar-refractivity contribution in [3.8, 4) is 0 Å². The van der Waals surface area contributed by atoms with E-state index in [9.17, 15) is 18.0 Å². The second-order valence-corrected chi connectivity index (χ2v) is 10.1. The minimum atomic E-state index is -3.38. The Morgan fingerprint density at radius 3 is 2.59 bits per heavy atom. The normalized spacial score (nSPS) is 20.8. The Kier molecular flexibility index (Phi) is 6.51. The molecule has 0 unspecified atom stereocenters. The highest BCUT2D eigenvalue weighted by molar-refractivity contribution is 7.92. The second kappa shape index (κ2) is 8.73. The number of nitrogens with zero attached hydrogens (tertiary/aromatic N) is 1. The first-order chi connectivity index (χ1) is 13.7. The zero-order chi connectivity index (χ0) is 21.2. The molecule has 1 amide bonds. The number of rotatable bonds is 6. The van der Waals surface area contributed by atoms with Gasteiger partial charge in [-0.25, -0.2) is 13.2 Å². The van der Waals surface area contributed by atoms with Gasteiger partial charge in [-0.05, 0) is 62.8 Å². The van der Waals surface area contributed by atoms with Gasteiger partial charge in [0.15, 0.2) is 6.10 Å². The Morgan fingerprint density at radius 2 is 1.93 bits per heavy atom. The van der Waals surface area contributed by atoms with E-state index in [1.807, 2.05) is 6.92 Å². The van der Waals surface area contributed by atoms with Crippen molar-refractivity contribution in [1.82, 2.24) is 5.32 Å². The van der Waals surface area contributed by atoms with Crippen molar-refractivity contribution >= 4 is 27.6 Å². The summed E-state index contributed by atoms with van der Waals surface area (Å²) in [6.07, 6.45) is 6.76. The summed E-state index contributed by atoms with van der Waals surface area (Å²) in [7, 11) is -3.38. The molecule has 1 fully saturated rings. The van der Waals surface area contributed by atoms with Gasteiger partial charge in [-0.1, -0.05) is 19.3 Å². The molecule has 1 N–H and O–H groups in total. The number of anilines is 1. The number of carbonyl (C=O) groups is 2. The lowest BCUT2D eigenvalue weighted by Gasteiger charge is -2.22. The minimum Gasteiger partial charge on any atom is -0.449 e. The number of fused-ring (bicyclic) bond motifs is 1. The van der Waals surface area contributed by atoms with E-state index in [4.69, 9.17) is 4.74 Å². The fourth-order valence-electron chi connectivity index (χ4n) is 4.30. The van der Waals surface area contributed by atoms with Gasteiger partial charge in [-0.2, -0.15) is 0 Å². The number of ether oxygens (including phenoxy) is 1. The number of sulfonamides is 1. The molecule has 1 heterocycles. The van der Waals surface area contributed by atoms with Crippen LogP contribution in [0.3, 0.4) is 0 Å². The van der Waals surface area contributed by atoms with Crippen molar-refractivity contribution in [3.05, 3.63) is 29.3 Å². The molecule has 160 valence electrons. The quantitative estimate of drug-likeness (QED) is 0.712. The lowest BCUT2D eigenvalue weighted by Crippen LogP contribution is -2.38. The molecule has 1 saturated carbocycles. The summed E-state index contributed by atoms with van der Waals surface area (Å²) in [5.74, 6) is -0.368. The van der Waals surface area contributed by atoms with Crippen LogP contribution in [0.1, 0.15) is 61.9 Å². The van der Waals surface area contributed by atoms with Crippen molar-refractivity contribution < 1.29 is 22.7 Å². The Balaban J connectivity index is 1.59. The van der Waals surface area contributed by atoms with Crippen LogP contribution in [0, 0.1) is 5.92 Å². The van der Waals surface area contributed by atoms with E-state index < -0.39 is 22.1 Å². The van der Waals surface area contributed by atoms with Crippen LogP contribution in [0.25, 0.3) is 0 Å². The SMILES string of the molecule is C[C@H](OC(=O)c1ccc2c(c1)C[C@@H](C)N2S(C)(=O)=O)C(=O)NCC1CCCCC1. The van der Waals surface area contributed by atoms with Crippen molar-refractivity contribution in [1.29, 1.82) is 0 Å². The number of benzene rings is 1. The number of carbonyl (C=O) groups excluding carboxylic acids is 2. The lowest BCUT2D eigenvalue weighted by molar-refractivity contribution is -0.129. The van der Waals surface area contributed by atoms with Crippen LogP contribution in [0.4, 0.5) is 5.69 Å². The summed E-state index contributed by atoms with van der Waals surface area (Å²) in [5.41, 5.74) is 1.69. The fraction of sp³-hybridized carbons (Fsp3) is 0.619. The smallest absolute Gasteiger partial charge is 0.338 e. The molecule has 0 aromatic heterocycles. The molecule has 1 aromatic rings. The largest absolute Gasteiger partial charge is 0.449 e. The van der Waals surface area contributed by atoms with Crippen molar-refractivity contribution in [3.63, 3.8) is 0 Å². The van der Waals surface area contributed by atoms with Crippen LogP contribution in [0.2, 0.25) is 0 Å². The van der Waals surface area contributed by atoms with E-state index in [1.165, 1.54) is 29.8 Å². The van der Waals surface area contributed by atoms with Gasteiger partial charge >= 0.3 is 5.97 Å². The maximum absolute atomic E-state index is 12.5. The van der Waals surface area contributed by atoms with Gasteiger partial charge in [-0.15, -0.1) is 0 Å². The first-order valence-corrected chi connectivity index (χ1v) is 12.1. The van der Waals surface area contributed by atoms with Gasteiger partial charge in [0.05, 0.1) is 17.5 Å². The third-order valence-electron chi connectivity index (χ3n) is 5.77. The van der Waals surface area contributed by atoms with E-state index in [2.05, 4.69) is 5.32 Å². The van der Waals surface area contributed by atoms with Crippen LogP contribution in [-0.4, -0.2) is 45.2 Å². The zero-order valence-electron chi connectivity index (χ0n) is 17.3. The van der Waals surface area contributed by atoms with Gasteiger partial charge < -0.3 is 10.1 Å². The maximum atomic E-state index is 12.5. The summed E-state index contributed by atoms with van der Waals surface area (Å²) in [5, 5.41) is 2.89. The molecule has 1 aromatic carbocycles. The molecule has 2 aliphatic rings. The predicted octanol–water partition coefficient (Wildman–Crippen LogP) is 2.64. The molecule has 0 radical (unpaired) electrons. The van der Waals surface area contributed by atoms with Crippen molar-refractivity contribution in [2.45, 2.75) is 64.5 Å². The van der Waals surface area contributed by atoms with Crippen LogP contribution in [-0.2, 0) is 26.0 Å². The van der Waals surface area contributed by atoms with E-state index in [-0.39, 0.29) is 11.9 Å². The van der Waals surface area contributed by atoms with E-state index in [0.29, 0.717) is 30.1 Å². The Hall–Kier alpha value is -2.09. The molecule has 2 atom stereocenters. The number of hydrogen-bond acceptors (Lipinski definition) is 5. The number of nitrogens with one attached hydrogen (secondary N) is 1. The van der Waals surface area contributed by atoms with Crippen molar-refractivity contribution in [2.24, 2.45) is 5.92 Å². The molecule has 1 aliphatic carbocycles.